The fourth-order valence-electron chi connectivity index (χ4n) is 2.13. The summed E-state index contributed by atoms with van der Waals surface area (Å²) in [7, 11) is 0. The number of anilines is 2. The van der Waals surface area contributed by atoms with E-state index < -0.39 is 0 Å². The van der Waals surface area contributed by atoms with Gasteiger partial charge in [0.2, 0.25) is 5.95 Å². The Labute approximate surface area is 145 Å². The molecule has 0 unspecified atom stereocenters. The van der Waals surface area contributed by atoms with E-state index >= 15 is 0 Å². The normalized spacial score (nSPS) is 10.4. The summed E-state index contributed by atoms with van der Waals surface area (Å²) in [5.41, 5.74) is 2.27. The summed E-state index contributed by atoms with van der Waals surface area (Å²) in [6.45, 7) is 1.35. The van der Waals surface area contributed by atoms with Crippen LogP contribution in [0, 0.1) is 0 Å². The van der Waals surface area contributed by atoms with E-state index in [4.69, 9.17) is 11.6 Å². The smallest absolute Gasteiger partial charge is 0.244 e. The van der Waals surface area contributed by atoms with Crippen molar-refractivity contribution in [3.05, 3.63) is 71.1 Å². The molecule has 122 valence electrons. The summed E-state index contributed by atoms with van der Waals surface area (Å²) >= 11 is 5.88. The maximum atomic E-state index is 5.88. The summed E-state index contributed by atoms with van der Waals surface area (Å²) in [5.74, 6) is 1.17. The molecular weight excluding hydrogens is 324 g/mol. The molecule has 2 heterocycles. The van der Waals surface area contributed by atoms with Crippen LogP contribution in [0.4, 0.5) is 11.8 Å². The number of nitrogens with zero attached hydrogens (tertiary/aromatic N) is 4. The second kappa shape index (κ2) is 8.21. The van der Waals surface area contributed by atoms with Crippen molar-refractivity contribution in [1.29, 1.82) is 0 Å². The molecule has 0 aliphatic rings. The third-order valence-corrected chi connectivity index (χ3v) is 3.62. The Morgan fingerprint density at radius 2 is 1.83 bits per heavy atom. The van der Waals surface area contributed by atoms with Crippen molar-refractivity contribution < 1.29 is 0 Å². The Morgan fingerprint density at radius 1 is 0.958 bits per heavy atom. The molecular formula is C17H17ClN6. The van der Waals surface area contributed by atoms with Gasteiger partial charge >= 0.3 is 0 Å². The van der Waals surface area contributed by atoms with Crippen LogP contribution in [0.3, 0.4) is 0 Å². The third-order valence-electron chi connectivity index (χ3n) is 3.37. The Kier molecular flexibility index (Phi) is 5.52. The molecule has 1 aromatic carbocycles. The van der Waals surface area contributed by atoms with Crippen LogP contribution in [0.2, 0.25) is 5.02 Å². The highest BCUT2D eigenvalue weighted by molar-refractivity contribution is 6.30. The lowest BCUT2D eigenvalue weighted by molar-refractivity contribution is 0.927. The predicted molar refractivity (Wildman–Crippen MR) is 95.0 cm³/mol. The van der Waals surface area contributed by atoms with Gasteiger partial charge in [0.05, 0.1) is 6.20 Å². The molecule has 0 aliphatic carbocycles. The number of hydrogen-bond acceptors (Lipinski definition) is 6. The lowest BCUT2D eigenvalue weighted by atomic mass is 10.1. The van der Waals surface area contributed by atoms with E-state index in [-0.39, 0.29) is 0 Å². The van der Waals surface area contributed by atoms with Gasteiger partial charge in [0.25, 0.3) is 0 Å². The first-order chi connectivity index (χ1) is 11.8. The number of nitrogens with one attached hydrogen (secondary N) is 2. The quantitative estimate of drug-likeness (QED) is 0.688. The average molecular weight is 341 g/mol. The molecule has 24 heavy (non-hydrogen) atoms. The van der Waals surface area contributed by atoms with Gasteiger partial charge in [-0.2, -0.15) is 10.1 Å². The van der Waals surface area contributed by atoms with Crippen molar-refractivity contribution in [3.63, 3.8) is 0 Å². The fraction of sp³-hybridized carbons (Fsp3) is 0.176. The minimum Gasteiger partial charge on any atom is -0.368 e. The van der Waals surface area contributed by atoms with Crippen LogP contribution in [0.25, 0.3) is 0 Å². The molecule has 0 radical (unpaired) electrons. The lowest BCUT2D eigenvalue weighted by Crippen LogP contribution is -2.10. The first-order valence-electron chi connectivity index (χ1n) is 7.60. The number of pyridine rings is 1. The molecule has 0 aliphatic heterocycles. The van der Waals surface area contributed by atoms with Crippen molar-refractivity contribution >= 4 is 23.4 Å². The summed E-state index contributed by atoms with van der Waals surface area (Å²) in [4.78, 5) is 8.47. The molecule has 0 fully saturated rings. The van der Waals surface area contributed by atoms with Crippen molar-refractivity contribution in [2.75, 3.05) is 17.2 Å². The van der Waals surface area contributed by atoms with E-state index in [0.717, 1.165) is 23.6 Å². The van der Waals surface area contributed by atoms with Crippen LogP contribution < -0.4 is 10.6 Å². The predicted octanol–water partition coefficient (Wildman–Crippen LogP) is 3.19. The van der Waals surface area contributed by atoms with Gasteiger partial charge in [-0.05, 0) is 35.7 Å². The molecule has 6 nitrogen and oxygen atoms in total. The first kappa shape index (κ1) is 16.1. The topological polar surface area (TPSA) is 75.6 Å². The molecule has 2 N–H and O–H groups in total. The zero-order chi connectivity index (χ0) is 16.6. The zero-order valence-electron chi connectivity index (χ0n) is 13.0. The van der Waals surface area contributed by atoms with E-state index in [0.29, 0.717) is 18.3 Å². The molecule has 3 rings (SSSR count). The van der Waals surface area contributed by atoms with Gasteiger partial charge in [0, 0.05) is 30.5 Å². The molecule has 2 aromatic heterocycles. The first-order valence-corrected chi connectivity index (χ1v) is 7.98. The number of halogens is 1. The summed E-state index contributed by atoms with van der Waals surface area (Å²) in [6, 6.07) is 11.7. The van der Waals surface area contributed by atoms with Crippen molar-refractivity contribution in [2.45, 2.75) is 13.0 Å². The molecule has 3 aromatic rings. The molecule has 0 saturated carbocycles. The highest BCUT2D eigenvalue weighted by atomic mass is 35.5. The largest absolute Gasteiger partial charge is 0.368 e. The van der Waals surface area contributed by atoms with Gasteiger partial charge in [-0.15, -0.1) is 5.10 Å². The molecule has 0 atom stereocenters. The Morgan fingerprint density at radius 3 is 2.62 bits per heavy atom. The van der Waals surface area contributed by atoms with Gasteiger partial charge in [-0.3, -0.25) is 4.98 Å². The Bertz CT molecular complexity index is 764. The van der Waals surface area contributed by atoms with Crippen molar-refractivity contribution in [3.8, 4) is 0 Å². The highest BCUT2D eigenvalue weighted by Gasteiger charge is 2.01. The monoisotopic (exact) mass is 340 g/mol. The van der Waals surface area contributed by atoms with Crippen molar-refractivity contribution in [1.82, 2.24) is 20.2 Å². The zero-order valence-corrected chi connectivity index (χ0v) is 13.7. The number of aromatic nitrogens is 4. The summed E-state index contributed by atoms with van der Waals surface area (Å²) in [5, 5.41) is 15.1. The summed E-state index contributed by atoms with van der Waals surface area (Å²) < 4.78 is 0. The van der Waals surface area contributed by atoms with E-state index in [9.17, 15) is 0 Å². The molecule has 0 spiro atoms. The highest BCUT2D eigenvalue weighted by Crippen LogP contribution is 2.10. The van der Waals surface area contributed by atoms with Gasteiger partial charge in [0.1, 0.15) is 0 Å². The van der Waals surface area contributed by atoms with Crippen LogP contribution in [0.15, 0.2) is 55.0 Å². The van der Waals surface area contributed by atoms with Gasteiger partial charge < -0.3 is 10.6 Å². The van der Waals surface area contributed by atoms with Crippen LogP contribution in [-0.4, -0.2) is 26.7 Å². The number of benzene rings is 1. The molecule has 0 amide bonds. The fourth-order valence-corrected chi connectivity index (χ4v) is 2.26. The van der Waals surface area contributed by atoms with Crippen LogP contribution in [0.1, 0.15) is 11.1 Å². The second-order valence-electron chi connectivity index (χ2n) is 5.18. The second-order valence-corrected chi connectivity index (χ2v) is 5.62. The van der Waals surface area contributed by atoms with E-state index in [2.05, 4.69) is 30.8 Å². The maximum Gasteiger partial charge on any atom is 0.244 e. The van der Waals surface area contributed by atoms with Gasteiger partial charge in [-0.1, -0.05) is 29.8 Å². The van der Waals surface area contributed by atoms with Crippen LogP contribution >= 0.6 is 11.6 Å². The number of hydrogen-bond donors (Lipinski definition) is 2. The molecule has 0 saturated heterocycles. The summed E-state index contributed by atoms with van der Waals surface area (Å²) in [6.07, 6.45) is 6.03. The van der Waals surface area contributed by atoms with E-state index in [1.165, 1.54) is 5.56 Å². The van der Waals surface area contributed by atoms with Crippen molar-refractivity contribution in [2.24, 2.45) is 0 Å². The van der Waals surface area contributed by atoms with E-state index in [1.807, 2.05) is 36.4 Å². The molecule has 0 bridgehead atoms. The minimum atomic E-state index is 0.482. The van der Waals surface area contributed by atoms with Gasteiger partial charge in [-0.25, -0.2) is 0 Å². The van der Waals surface area contributed by atoms with Crippen LogP contribution in [-0.2, 0) is 13.0 Å². The van der Waals surface area contributed by atoms with Gasteiger partial charge in [0.15, 0.2) is 5.82 Å². The lowest BCUT2D eigenvalue weighted by Gasteiger charge is -2.08. The Balaban J connectivity index is 1.50. The molecule has 7 heteroatoms. The minimum absolute atomic E-state index is 0.482. The SMILES string of the molecule is Clc1ccc(CCNc2cnnc(NCc3cccnc3)n2)cc1. The van der Waals surface area contributed by atoms with E-state index in [1.54, 1.807) is 18.6 Å². The van der Waals surface area contributed by atoms with Crippen LogP contribution in [0.5, 0.6) is 0 Å². The average Bonchev–Trinajstić information content (AvgIpc) is 2.63. The standard InChI is InChI=1S/C17H17ClN6/c18-15-5-3-13(4-6-15)7-9-20-16-12-22-24-17(23-16)21-11-14-2-1-8-19-10-14/h1-6,8,10,12H,7,9,11H2,(H2,20,21,23,24). The Hall–Kier alpha value is -2.73. The third kappa shape index (κ3) is 4.89. The maximum absolute atomic E-state index is 5.88. The number of rotatable bonds is 7.